The fourth-order valence-corrected chi connectivity index (χ4v) is 2.00. The molecule has 18 heavy (non-hydrogen) atoms. The van der Waals surface area contributed by atoms with Crippen LogP contribution in [0.25, 0.3) is 0 Å². The van der Waals surface area contributed by atoms with Crippen LogP contribution in [0.1, 0.15) is 38.5 Å². The lowest BCUT2D eigenvalue weighted by Crippen LogP contribution is -2.47. The first-order chi connectivity index (χ1) is 8.49. The van der Waals surface area contributed by atoms with Crippen LogP contribution >= 0.6 is 0 Å². The molecule has 1 amide bonds. The lowest BCUT2D eigenvalue weighted by atomic mass is 9.92. The molecule has 0 aromatic heterocycles. The van der Waals surface area contributed by atoms with Crippen LogP contribution in [0.4, 0.5) is 0 Å². The van der Waals surface area contributed by atoms with Gasteiger partial charge in [0.05, 0.1) is 12.5 Å². The number of aliphatic carboxylic acids is 1. The minimum Gasteiger partial charge on any atom is -0.481 e. The van der Waals surface area contributed by atoms with E-state index in [9.17, 15) is 19.7 Å². The van der Waals surface area contributed by atoms with Gasteiger partial charge in [-0.15, -0.1) is 10.1 Å². The van der Waals surface area contributed by atoms with Gasteiger partial charge >= 0.3 is 5.97 Å². The highest BCUT2D eigenvalue weighted by molar-refractivity contribution is 5.80. The van der Waals surface area contributed by atoms with Crippen molar-refractivity contribution < 1.29 is 24.6 Å². The molecule has 8 heteroatoms. The normalized spacial score (nSPS) is 23.1. The average Bonchev–Trinajstić information content (AvgIpc) is 2.28. The third kappa shape index (κ3) is 4.98. The van der Waals surface area contributed by atoms with E-state index in [1.807, 2.05) is 0 Å². The van der Waals surface area contributed by atoms with Crippen LogP contribution in [0, 0.1) is 10.1 Å². The van der Waals surface area contributed by atoms with Gasteiger partial charge in [0.2, 0.25) is 5.91 Å². The molecule has 102 valence electrons. The number of nitrogens with one attached hydrogen (secondary N) is 1. The Bertz CT molecular complexity index is 332. The summed E-state index contributed by atoms with van der Waals surface area (Å²) in [6.07, 6.45) is 1.79. The molecule has 0 radical (unpaired) electrons. The van der Waals surface area contributed by atoms with E-state index >= 15 is 0 Å². The molecule has 8 nitrogen and oxygen atoms in total. The zero-order valence-electron chi connectivity index (χ0n) is 9.83. The van der Waals surface area contributed by atoms with Gasteiger partial charge in [0.25, 0.3) is 5.09 Å². The van der Waals surface area contributed by atoms with Gasteiger partial charge in [-0.25, -0.2) is 0 Å². The molecule has 1 rings (SSSR count). The molecule has 0 aromatic carbocycles. The summed E-state index contributed by atoms with van der Waals surface area (Å²) in [6.45, 7) is 0. The van der Waals surface area contributed by atoms with Gasteiger partial charge in [0, 0.05) is 6.42 Å². The molecule has 0 heterocycles. The third-order valence-corrected chi connectivity index (χ3v) is 2.84. The number of rotatable bonds is 6. The number of hydrogen-bond donors (Lipinski definition) is 2. The van der Waals surface area contributed by atoms with Crippen LogP contribution in [0.15, 0.2) is 0 Å². The van der Waals surface area contributed by atoms with E-state index in [4.69, 9.17) is 5.11 Å². The molecule has 1 saturated carbocycles. The van der Waals surface area contributed by atoms with E-state index in [0.717, 1.165) is 12.8 Å². The van der Waals surface area contributed by atoms with Gasteiger partial charge < -0.3 is 15.3 Å². The Balaban J connectivity index is 2.43. The first-order valence-electron chi connectivity index (χ1n) is 5.81. The van der Waals surface area contributed by atoms with Crippen molar-refractivity contribution in [2.24, 2.45) is 0 Å². The predicted molar refractivity (Wildman–Crippen MR) is 59.1 cm³/mol. The van der Waals surface area contributed by atoms with Gasteiger partial charge in [-0.2, -0.15) is 0 Å². The topological polar surface area (TPSA) is 119 Å². The number of amides is 1. The van der Waals surface area contributed by atoms with E-state index in [0.29, 0.717) is 12.8 Å². The highest BCUT2D eigenvalue weighted by Gasteiger charge is 2.29. The van der Waals surface area contributed by atoms with Crippen molar-refractivity contribution in [3.05, 3.63) is 10.1 Å². The molecule has 0 aliphatic heterocycles. The van der Waals surface area contributed by atoms with Crippen LogP contribution in [0.2, 0.25) is 0 Å². The Morgan fingerprint density at radius 2 is 2.00 bits per heavy atom. The monoisotopic (exact) mass is 260 g/mol. The molecule has 0 unspecified atom stereocenters. The smallest absolute Gasteiger partial charge is 0.303 e. The summed E-state index contributed by atoms with van der Waals surface area (Å²) in [5, 5.41) is 20.5. The van der Waals surface area contributed by atoms with Crippen LogP contribution in [0.5, 0.6) is 0 Å². The largest absolute Gasteiger partial charge is 0.481 e. The standard InChI is InChI=1S/C10H16N2O6/c13-9(5-6-10(14)15)11-7-3-1-2-4-8(7)18-12(16)17/h7-8H,1-6H2,(H,11,13)(H,14,15)/t7-,8-/m1/s1. The van der Waals surface area contributed by atoms with Crippen LogP contribution in [0.3, 0.4) is 0 Å². The molecule has 2 atom stereocenters. The number of nitrogens with zero attached hydrogens (tertiary/aromatic N) is 1. The Morgan fingerprint density at radius 3 is 2.61 bits per heavy atom. The van der Waals surface area contributed by atoms with Crippen LogP contribution < -0.4 is 5.32 Å². The molecule has 0 spiro atoms. The van der Waals surface area contributed by atoms with Crippen LogP contribution in [-0.4, -0.2) is 34.2 Å². The fraction of sp³-hybridized carbons (Fsp3) is 0.800. The van der Waals surface area contributed by atoms with E-state index in [2.05, 4.69) is 10.2 Å². The average molecular weight is 260 g/mol. The summed E-state index contributed by atoms with van der Waals surface area (Å²) in [5.41, 5.74) is 0. The number of carboxylic acids is 1. The van der Waals surface area contributed by atoms with Crippen molar-refractivity contribution in [3.63, 3.8) is 0 Å². The molecular formula is C10H16N2O6. The number of carboxylic acid groups (broad SMARTS) is 1. The van der Waals surface area contributed by atoms with Crippen molar-refractivity contribution in [1.29, 1.82) is 0 Å². The van der Waals surface area contributed by atoms with Gasteiger partial charge in [0.15, 0.2) is 0 Å². The van der Waals surface area contributed by atoms with Gasteiger partial charge in [-0.3, -0.25) is 9.59 Å². The molecule has 0 bridgehead atoms. The maximum absolute atomic E-state index is 11.4. The van der Waals surface area contributed by atoms with E-state index in [-0.39, 0.29) is 12.8 Å². The predicted octanol–water partition coefficient (Wildman–Crippen LogP) is 0.487. The maximum Gasteiger partial charge on any atom is 0.303 e. The molecule has 1 fully saturated rings. The first kappa shape index (κ1) is 14.2. The maximum atomic E-state index is 11.4. The lowest BCUT2D eigenvalue weighted by molar-refractivity contribution is -0.770. The minimum absolute atomic E-state index is 0.128. The number of carbonyl (C=O) groups is 2. The lowest BCUT2D eigenvalue weighted by Gasteiger charge is -2.30. The minimum atomic E-state index is -1.05. The molecule has 0 aromatic rings. The summed E-state index contributed by atoms with van der Waals surface area (Å²) in [5.74, 6) is -1.46. The Morgan fingerprint density at radius 1 is 1.33 bits per heavy atom. The highest BCUT2D eigenvalue weighted by Crippen LogP contribution is 2.21. The summed E-state index contributed by atoms with van der Waals surface area (Å²) >= 11 is 0. The summed E-state index contributed by atoms with van der Waals surface area (Å²) < 4.78 is 0. The SMILES string of the molecule is O=C(O)CCC(=O)N[C@@H]1CCCC[C@H]1O[N+](=O)[O-]. The van der Waals surface area contributed by atoms with E-state index in [1.165, 1.54) is 0 Å². The zero-order chi connectivity index (χ0) is 13.5. The second-order valence-corrected chi connectivity index (χ2v) is 4.22. The van der Waals surface area contributed by atoms with Gasteiger partial charge in [-0.1, -0.05) is 12.8 Å². The molecular weight excluding hydrogens is 244 g/mol. The van der Waals surface area contributed by atoms with Crippen molar-refractivity contribution in [1.82, 2.24) is 5.32 Å². The number of carbonyl (C=O) groups excluding carboxylic acids is 1. The second-order valence-electron chi connectivity index (χ2n) is 4.22. The van der Waals surface area contributed by atoms with E-state index in [1.54, 1.807) is 0 Å². The quantitative estimate of drug-likeness (QED) is 0.529. The Labute approximate surface area is 103 Å². The third-order valence-electron chi connectivity index (χ3n) is 2.84. The van der Waals surface area contributed by atoms with Crippen LogP contribution in [-0.2, 0) is 14.4 Å². The van der Waals surface area contributed by atoms with Gasteiger partial charge in [0.1, 0.15) is 6.10 Å². The summed E-state index contributed by atoms with van der Waals surface area (Å²) in [4.78, 5) is 36.6. The zero-order valence-corrected chi connectivity index (χ0v) is 9.83. The highest BCUT2D eigenvalue weighted by atomic mass is 17.0. The first-order valence-corrected chi connectivity index (χ1v) is 5.81. The molecule has 2 N–H and O–H groups in total. The summed E-state index contributed by atoms with van der Waals surface area (Å²) in [6, 6.07) is -0.412. The second kappa shape index (κ2) is 6.77. The van der Waals surface area contributed by atoms with Crippen molar-refractivity contribution in [2.45, 2.75) is 50.7 Å². The Hall–Kier alpha value is -1.86. The molecule has 1 aliphatic carbocycles. The Kier molecular flexibility index (Phi) is 5.34. The molecule has 0 saturated heterocycles. The van der Waals surface area contributed by atoms with Crippen molar-refractivity contribution >= 4 is 11.9 Å². The van der Waals surface area contributed by atoms with Gasteiger partial charge in [-0.05, 0) is 12.8 Å². The van der Waals surface area contributed by atoms with E-state index < -0.39 is 29.1 Å². The fourth-order valence-electron chi connectivity index (χ4n) is 2.00. The van der Waals surface area contributed by atoms with Crippen molar-refractivity contribution in [2.75, 3.05) is 0 Å². The summed E-state index contributed by atoms with van der Waals surface area (Å²) in [7, 11) is 0. The molecule has 1 aliphatic rings. The van der Waals surface area contributed by atoms with Crippen molar-refractivity contribution in [3.8, 4) is 0 Å². The number of hydrogen-bond acceptors (Lipinski definition) is 5.